The number of urea groups is 1. The Bertz CT molecular complexity index is 1070. The third-order valence-corrected chi connectivity index (χ3v) is 5.23. The number of halogens is 4. The summed E-state index contributed by atoms with van der Waals surface area (Å²) >= 11 is 6.07. The normalized spacial score (nSPS) is 20.9. The molecular weight excluding hydrogens is 411 g/mol. The van der Waals surface area contributed by atoms with Crippen LogP contribution in [0.5, 0.6) is 0 Å². The first-order valence-corrected chi connectivity index (χ1v) is 8.84. The Balaban J connectivity index is 1.68. The molecule has 0 saturated carbocycles. The first-order chi connectivity index (χ1) is 13.5. The number of aryl methyl sites for hydroxylation is 1. The molecular formula is C19H13ClF3N3O3. The summed E-state index contributed by atoms with van der Waals surface area (Å²) in [4.78, 5) is 39.1. The lowest BCUT2D eigenvalue weighted by Gasteiger charge is -2.19. The van der Waals surface area contributed by atoms with Crippen LogP contribution in [0.4, 0.5) is 23.7 Å². The third kappa shape index (κ3) is 2.84. The fraction of sp³-hybridized carbons (Fsp3) is 0.211. The van der Waals surface area contributed by atoms with Gasteiger partial charge in [-0.2, -0.15) is 13.2 Å². The highest BCUT2D eigenvalue weighted by Crippen LogP contribution is 2.43. The van der Waals surface area contributed by atoms with Gasteiger partial charge in [-0.15, -0.1) is 0 Å². The van der Waals surface area contributed by atoms with Crippen LogP contribution >= 0.6 is 11.6 Å². The zero-order chi connectivity index (χ0) is 21.1. The first-order valence-electron chi connectivity index (χ1n) is 8.46. The van der Waals surface area contributed by atoms with E-state index in [1.165, 1.54) is 18.2 Å². The molecule has 6 nitrogen and oxygen atoms in total. The number of hydrogen-bond donors (Lipinski definition) is 2. The number of fused-ring (bicyclic) bond motifs is 2. The minimum absolute atomic E-state index is 0.237. The Morgan fingerprint density at radius 1 is 1.10 bits per heavy atom. The van der Waals surface area contributed by atoms with Crippen LogP contribution in [-0.2, 0) is 27.8 Å². The highest BCUT2D eigenvalue weighted by Gasteiger charge is 2.62. The maximum Gasteiger partial charge on any atom is 0.416 e. The lowest BCUT2D eigenvalue weighted by molar-refractivity contribution is -0.139. The molecule has 1 saturated heterocycles. The van der Waals surface area contributed by atoms with Gasteiger partial charge in [0.2, 0.25) is 5.54 Å². The second-order valence-electron chi connectivity index (χ2n) is 6.87. The average Bonchev–Trinajstić information content (AvgIpc) is 3.05. The van der Waals surface area contributed by atoms with Crippen LogP contribution in [-0.4, -0.2) is 22.7 Å². The number of carbonyl (C=O) groups excluding carboxylic acids is 3. The Morgan fingerprint density at radius 3 is 2.38 bits per heavy atom. The Hall–Kier alpha value is -3.07. The average molecular weight is 424 g/mol. The molecule has 150 valence electrons. The summed E-state index contributed by atoms with van der Waals surface area (Å²) in [6, 6.07) is 6.31. The molecule has 2 aromatic rings. The van der Waals surface area contributed by atoms with E-state index in [2.05, 4.69) is 10.6 Å². The lowest BCUT2D eigenvalue weighted by atomic mass is 9.90. The lowest BCUT2D eigenvalue weighted by Crippen LogP contribution is -2.49. The number of nitrogens with zero attached hydrogens (tertiary/aromatic N) is 1. The van der Waals surface area contributed by atoms with E-state index in [-0.39, 0.29) is 12.1 Å². The van der Waals surface area contributed by atoms with Gasteiger partial charge in [0.15, 0.2) is 0 Å². The van der Waals surface area contributed by atoms with Crippen molar-refractivity contribution in [2.45, 2.75) is 25.2 Å². The van der Waals surface area contributed by atoms with Crippen molar-refractivity contribution in [3.8, 4) is 0 Å². The molecule has 10 heteroatoms. The number of benzene rings is 2. The van der Waals surface area contributed by atoms with Crippen LogP contribution in [0.3, 0.4) is 0 Å². The van der Waals surface area contributed by atoms with Gasteiger partial charge in [0.25, 0.3) is 11.8 Å². The summed E-state index contributed by atoms with van der Waals surface area (Å²) in [6.07, 6.45) is -4.49. The molecule has 2 N–H and O–H groups in total. The van der Waals surface area contributed by atoms with Crippen molar-refractivity contribution in [2.24, 2.45) is 0 Å². The Labute approximate surface area is 167 Å². The van der Waals surface area contributed by atoms with Gasteiger partial charge in [-0.05, 0) is 42.3 Å². The van der Waals surface area contributed by atoms with Crippen molar-refractivity contribution >= 4 is 35.1 Å². The molecule has 1 atom stereocenters. The summed E-state index contributed by atoms with van der Waals surface area (Å²) in [5, 5.41) is 5.32. The summed E-state index contributed by atoms with van der Waals surface area (Å²) < 4.78 is 38.1. The highest BCUT2D eigenvalue weighted by molar-refractivity contribution is 6.32. The number of hydrogen-bond acceptors (Lipinski definition) is 3. The van der Waals surface area contributed by atoms with E-state index in [9.17, 15) is 27.6 Å². The molecule has 0 aromatic heterocycles. The van der Waals surface area contributed by atoms with Crippen LogP contribution in [0.15, 0.2) is 36.4 Å². The minimum Gasteiger partial charge on any atom is -0.323 e. The zero-order valence-corrected chi connectivity index (χ0v) is 15.6. The maximum absolute atomic E-state index is 13.1. The smallest absolute Gasteiger partial charge is 0.323 e. The maximum atomic E-state index is 13.1. The van der Waals surface area contributed by atoms with Crippen LogP contribution in [0, 0.1) is 6.92 Å². The molecule has 1 unspecified atom stereocenters. The number of anilines is 1. The standard InChI is InChI=1S/C19H13ClF3N3O3/c1-9-6-12(20)7-13-14(9)24-15(27)18(13)16(28)26(17(29)25-18)8-10-2-4-11(5-3-10)19(21,22)23/h2-7H,8H2,1H3,(H,24,27)(H,25,29). The van der Waals surface area contributed by atoms with E-state index >= 15 is 0 Å². The topological polar surface area (TPSA) is 78.5 Å². The van der Waals surface area contributed by atoms with Gasteiger partial charge < -0.3 is 10.6 Å². The van der Waals surface area contributed by atoms with E-state index < -0.39 is 35.1 Å². The first kappa shape index (κ1) is 19.3. The Morgan fingerprint density at radius 2 is 1.76 bits per heavy atom. The predicted molar refractivity (Wildman–Crippen MR) is 97.0 cm³/mol. The van der Waals surface area contributed by atoms with Crippen LogP contribution in [0.2, 0.25) is 5.02 Å². The number of imide groups is 1. The molecule has 4 rings (SSSR count). The van der Waals surface area contributed by atoms with Gasteiger partial charge in [-0.25, -0.2) is 4.79 Å². The molecule has 2 aliphatic heterocycles. The predicted octanol–water partition coefficient (Wildman–Crippen LogP) is 3.57. The monoisotopic (exact) mass is 423 g/mol. The van der Waals surface area contributed by atoms with Crippen molar-refractivity contribution in [1.29, 1.82) is 0 Å². The van der Waals surface area contributed by atoms with Crippen LogP contribution in [0.1, 0.15) is 22.3 Å². The Kier molecular flexibility index (Phi) is 4.13. The third-order valence-electron chi connectivity index (χ3n) is 5.01. The summed E-state index contributed by atoms with van der Waals surface area (Å²) in [7, 11) is 0. The number of alkyl halides is 3. The van der Waals surface area contributed by atoms with Gasteiger partial charge in [-0.3, -0.25) is 14.5 Å². The second kappa shape index (κ2) is 6.21. The molecule has 0 bridgehead atoms. The molecule has 2 heterocycles. The van der Waals surface area contributed by atoms with Gasteiger partial charge >= 0.3 is 12.2 Å². The molecule has 0 aliphatic carbocycles. The fourth-order valence-corrected chi connectivity index (χ4v) is 3.84. The summed E-state index contributed by atoms with van der Waals surface area (Å²) in [5.41, 5.74) is -1.23. The van der Waals surface area contributed by atoms with Crippen molar-refractivity contribution in [3.63, 3.8) is 0 Å². The fourth-order valence-electron chi connectivity index (χ4n) is 3.57. The van der Waals surface area contributed by atoms with Crippen LogP contribution < -0.4 is 10.6 Å². The van der Waals surface area contributed by atoms with Crippen molar-refractivity contribution in [2.75, 3.05) is 5.32 Å². The zero-order valence-electron chi connectivity index (χ0n) is 14.9. The molecule has 29 heavy (non-hydrogen) atoms. The van der Waals surface area contributed by atoms with E-state index in [4.69, 9.17) is 11.6 Å². The number of rotatable bonds is 2. The van der Waals surface area contributed by atoms with Crippen molar-refractivity contribution in [3.05, 3.63) is 63.7 Å². The van der Waals surface area contributed by atoms with E-state index in [0.717, 1.165) is 17.0 Å². The molecule has 1 fully saturated rings. The van der Waals surface area contributed by atoms with E-state index in [1.54, 1.807) is 13.0 Å². The number of carbonyl (C=O) groups is 3. The molecule has 2 aliphatic rings. The SMILES string of the molecule is Cc1cc(Cl)cc2c1NC(=O)C21NC(=O)N(Cc2ccc(C(F)(F)F)cc2)C1=O. The van der Waals surface area contributed by atoms with E-state index in [0.29, 0.717) is 21.8 Å². The number of nitrogens with one attached hydrogen (secondary N) is 2. The largest absolute Gasteiger partial charge is 0.416 e. The van der Waals surface area contributed by atoms with E-state index in [1.807, 2.05) is 0 Å². The quantitative estimate of drug-likeness (QED) is 0.572. The number of amides is 4. The minimum atomic E-state index is -4.49. The summed E-state index contributed by atoms with van der Waals surface area (Å²) in [6.45, 7) is 1.41. The summed E-state index contributed by atoms with van der Waals surface area (Å²) in [5.74, 6) is -1.54. The van der Waals surface area contributed by atoms with Gasteiger partial charge in [-0.1, -0.05) is 23.7 Å². The van der Waals surface area contributed by atoms with Gasteiger partial charge in [0.1, 0.15) is 0 Å². The van der Waals surface area contributed by atoms with Crippen molar-refractivity contribution < 1.29 is 27.6 Å². The molecule has 1 spiro atoms. The van der Waals surface area contributed by atoms with Gasteiger partial charge in [0, 0.05) is 10.6 Å². The molecule has 4 amide bonds. The van der Waals surface area contributed by atoms with Crippen LogP contribution in [0.25, 0.3) is 0 Å². The second-order valence-corrected chi connectivity index (χ2v) is 7.30. The molecule has 0 radical (unpaired) electrons. The molecule has 2 aromatic carbocycles. The van der Waals surface area contributed by atoms with Crippen molar-refractivity contribution in [1.82, 2.24) is 10.2 Å². The highest BCUT2D eigenvalue weighted by atomic mass is 35.5. The van der Waals surface area contributed by atoms with Gasteiger partial charge in [0.05, 0.1) is 17.8 Å².